The molecule has 0 aliphatic heterocycles. The van der Waals surface area contributed by atoms with Gasteiger partial charge in [-0.05, 0) is 37.5 Å². The summed E-state index contributed by atoms with van der Waals surface area (Å²) in [5.41, 5.74) is 13.4. The highest BCUT2D eigenvalue weighted by atomic mass is 14.9. The fourth-order valence-corrected chi connectivity index (χ4v) is 1.87. The summed E-state index contributed by atoms with van der Waals surface area (Å²) in [5, 5.41) is 0. The number of amidine groups is 1. The van der Waals surface area contributed by atoms with Crippen molar-refractivity contribution in [3.63, 3.8) is 0 Å². The van der Waals surface area contributed by atoms with Gasteiger partial charge in [-0.25, -0.2) is 0 Å². The maximum Gasteiger partial charge on any atom is 0.0909 e. The molecule has 0 heterocycles. The molecule has 94 valence electrons. The molecule has 0 saturated carbocycles. The van der Waals surface area contributed by atoms with Crippen LogP contribution in [-0.4, -0.2) is 11.9 Å². The van der Waals surface area contributed by atoms with Crippen molar-refractivity contribution in [2.45, 2.75) is 45.6 Å². The van der Waals surface area contributed by atoms with E-state index in [9.17, 15) is 0 Å². The zero-order valence-corrected chi connectivity index (χ0v) is 10.8. The molecule has 1 atom stereocenters. The maximum absolute atomic E-state index is 5.67. The maximum atomic E-state index is 5.67. The molecule has 0 radical (unpaired) electrons. The third-order valence-corrected chi connectivity index (χ3v) is 2.73. The lowest BCUT2D eigenvalue weighted by Crippen LogP contribution is -2.15. The number of unbranched alkanes of at least 4 members (excludes halogenated alkanes) is 1. The van der Waals surface area contributed by atoms with Crippen LogP contribution < -0.4 is 11.5 Å². The Morgan fingerprint density at radius 1 is 1.29 bits per heavy atom. The van der Waals surface area contributed by atoms with Crippen LogP contribution in [0.3, 0.4) is 0 Å². The van der Waals surface area contributed by atoms with Crippen LogP contribution in [0, 0.1) is 0 Å². The van der Waals surface area contributed by atoms with Crippen molar-refractivity contribution in [1.29, 1.82) is 0 Å². The van der Waals surface area contributed by atoms with Gasteiger partial charge in [0.25, 0.3) is 0 Å². The molecule has 0 aliphatic rings. The van der Waals surface area contributed by atoms with Crippen molar-refractivity contribution in [2.24, 2.45) is 10.7 Å². The first-order chi connectivity index (χ1) is 8.11. The number of nitrogen functional groups attached to an aromatic ring is 1. The van der Waals surface area contributed by atoms with Crippen molar-refractivity contribution >= 4 is 11.5 Å². The summed E-state index contributed by atoms with van der Waals surface area (Å²) in [4.78, 5) is 4.50. The van der Waals surface area contributed by atoms with E-state index < -0.39 is 0 Å². The number of nitrogens with zero attached hydrogens (tertiary/aromatic N) is 1. The molecule has 1 rings (SSSR count). The predicted octanol–water partition coefficient (Wildman–Crippen LogP) is 2.75. The third-order valence-electron chi connectivity index (χ3n) is 2.73. The van der Waals surface area contributed by atoms with E-state index >= 15 is 0 Å². The first kappa shape index (κ1) is 13.6. The number of anilines is 1. The molecule has 0 aliphatic carbocycles. The monoisotopic (exact) mass is 233 g/mol. The summed E-state index contributed by atoms with van der Waals surface area (Å²) in [6.07, 6.45) is 4.41. The molecule has 0 fully saturated rings. The van der Waals surface area contributed by atoms with E-state index in [1.54, 1.807) is 0 Å². The molecule has 3 heteroatoms. The average molecular weight is 233 g/mol. The van der Waals surface area contributed by atoms with Crippen LogP contribution in [0.25, 0.3) is 0 Å². The van der Waals surface area contributed by atoms with E-state index in [4.69, 9.17) is 11.5 Å². The average Bonchev–Trinajstić information content (AvgIpc) is 2.28. The van der Waals surface area contributed by atoms with Crippen LogP contribution >= 0.6 is 0 Å². The largest absolute Gasteiger partial charge is 0.399 e. The van der Waals surface area contributed by atoms with Crippen LogP contribution in [0.5, 0.6) is 0 Å². The van der Waals surface area contributed by atoms with Gasteiger partial charge in [0, 0.05) is 5.69 Å². The van der Waals surface area contributed by atoms with E-state index in [0.29, 0.717) is 11.9 Å². The van der Waals surface area contributed by atoms with Crippen LogP contribution in [0.15, 0.2) is 29.3 Å². The summed E-state index contributed by atoms with van der Waals surface area (Å²) < 4.78 is 0. The Bertz CT molecular complexity index is 350. The van der Waals surface area contributed by atoms with Crippen molar-refractivity contribution in [3.05, 3.63) is 29.8 Å². The van der Waals surface area contributed by atoms with E-state index in [1.807, 2.05) is 19.1 Å². The van der Waals surface area contributed by atoms with Gasteiger partial charge in [0.05, 0.1) is 11.9 Å². The molecule has 1 unspecified atom stereocenters. The van der Waals surface area contributed by atoms with Crippen LogP contribution in [0.4, 0.5) is 5.69 Å². The standard InChI is InChI=1S/C14H23N3/c1-3-4-5-14(17-11(2)15)10-12-6-8-13(16)9-7-12/h6-9,14H,3-5,10,16H2,1-2H3,(H2,15,17). The number of rotatable bonds is 6. The van der Waals surface area contributed by atoms with Crippen LogP contribution in [0.1, 0.15) is 38.7 Å². The van der Waals surface area contributed by atoms with E-state index in [1.165, 1.54) is 18.4 Å². The van der Waals surface area contributed by atoms with E-state index in [0.717, 1.165) is 18.5 Å². The first-order valence-electron chi connectivity index (χ1n) is 6.26. The molecule has 0 bridgehead atoms. The summed E-state index contributed by atoms with van der Waals surface area (Å²) >= 11 is 0. The number of nitrogens with two attached hydrogens (primary N) is 2. The number of hydrogen-bond acceptors (Lipinski definition) is 2. The Balaban J connectivity index is 2.64. The van der Waals surface area contributed by atoms with Gasteiger partial charge in [-0.2, -0.15) is 0 Å². The molecule has 1 aromatic rings. The Labute approximate surface area is 104 Å². The van der Waals surface area contributed by atoms with Crippen molar-refractivity contribution < 1.29 is 0 Å². The van der Waals surface area contributed by atoms with E-state index in [-0.39, 0.29) is 0 Å². The molecular weight excluding hydrogens is 210 g/mol. The summed E-state index contributed by atoms with van der Waals surface area (Å²) in [7, 11) is 0. The molecule has 17 heavy (non-hydrogen) atoms. The second-order valence-corrected chi connectivity index (χ2v) is 4.51. The van der Waals surface area contributed by atoms with Gasteiger partial charge in [-0.15, -0.1) is 0 Å². The minimum absolute atomic E-state index is 0.295. The second kappa shape index (κ2) is 6.94. The topological polar surface area (TPSA) is 64.4 Å². The number of hydrogen-bond donors (Lipinski definition) is 2. The molecule has 0 aromatic heterocycles. The SMILES string of the molecule is CCCCC(Cc1ccc(N)cc1)N=C(C)N. The number of benzene rings is 1. The molecule has 0 saturated heterocycles. The Morgan fingerprint density at radius 2 is 1.94 bits per heavy atom. The van der Waals surface area contributed by atoms with Gasteiger partial charge in [0.2, 0.25) is 0 Å². The molecule has 4 N–H and O–H groups in total. The van der Waals surface area contributed by atoms with Crippen LogP contribution in [0.2, 0.25) is 0 Å². The van der Waals surface area contributed by atoms with Crippen molar-refractivity contribution in [3.8, 4) is 0 Å². The third kappa shape index (κ3) is 5.38. The fraction of sp³-hybridized carbons (Fsp3) is 0.500. The molecule has 0 spiro atoms. The van der Waals surface area contributed by atoms with Gasteiger partial charge in [0.1, 0.15) is 0 Å². The summed E-state index contributed by atoms with van der Waals surface area (Å²) in [6, 6.07) is 8.30. The van der Waals surface area contributed by atoms with Gasteiger partial charge in [-0.1, -0.05) is 31.9 Å². The Morgan fingerprint density at radius 3 is 2.47 bits per heavy atom. The Hall–Kier alpha value is -1.51. The minimum Gasteiger partial charge on any atom is -0.399 e. The zero-order chi connectivity index (χ0) is 12.7. The molecule has 0 amide bonds. The highest BCUT2D eigenvalue weighted by Gasteiger charge is 2.07. The predicted molar refractivity (Wildman–Crippen MR) is 75.2 cm³/mol. The highest BCUT2D eigenvalue weighted by molar-refractivity contribution is 5.77. The normalized spacial score (nSPS) is 13.6. The Kier molecular flexibility index (Phi) is 5.53. The van der Waals surface area contributed by atoms with Crippen molar-refractivity contribution in [1.82, 2.24) is 0 Å². The lowest BCUT2D eigenvalue weighted by atomic mass is 10.0. The highest BCUT2D eigenvalue weighted by Crippen LogP contribution is 2.14. The lowest BCUT2D eigenvalue weighted by molar-refractivity contribution is 0.575. The summed E-state index contributed by atoms with van der Waals surface area (Å²) in [5.74, 6) is 0.668. The van der Waals surface area contributed by atoms with Crippen molar-refractivity contribution in [2.75, 3.05) is 5.73 Å². The van der Waals surface area contributed by atoms with Gasteiger partial charge in [0.15, 0.2) is 0 Å². The van der Waals surface area contributed by atoms with Gasteiger partial charge < -0.3 is 11.5 Å². The van der Waals surface area contributed by atoms with Gasteiger partial charge in [-0.3, -0.25) is 4.99 Å². The lowest BCUT2D eigenvalue weighted by Gasteiger charge is -2.13. The van der Waals surface area contributed by atoms with Gasteiger partial charge >= 0.3 is 0 Å². The molecule has 1 aromatic carbocycles. The smallest absolute Gasteiger partial charge is 0.0909 e. The molecular formula is C14H23N3. The first-order valence-corrected chi connectivity index (χ1v) is 6.26. The number of aliphatic imine (C=N–C) groups is 1. The molecule has 3 nitrogen and oxygen atoms in total. The van der Waals surface area contributed by atoms with E-state index in [2.05, 4.69) is 24.0 Å². The zero-order valence-electron chi connectivity index (χ0n) is 10.8. The van der Waals surface area contributed by atoms with Crippen LogP contribution in [-0.2, 0) is 6.42 Å². The quantitative estimate of drug-likeness (QED) is 0.451. The minimum atomic E-state index is 0.295. The fourth-order valence-electron chi connectivity index (χ4n) is 1.87. The second-order valence-electron chi connectivity index (χ2n) is 4.51. The summed E-state index contributed by atoms with van der Waals surface area (Å²) in [6.45, 7) is 4.04.